The topological polar surface area (TPSA) is 85.1 Å². The normalized spacial score (nSPS) is 23.1. The van der Waals surface area contributed by atoms with Crippen molar-refractivity contribution >= 4 is 17.7 Å². The molecule has 4 aliphatic rings. The highest BCUT2D eigenvalue weighted by molar-refractivity contribution is 5.96. The first kappa shape index (κ1) is 27.2. The molecular weight excluding hydrogens is 530 g/mol. The van der Waals surface area contributed by atoms with E-state index < -0.39 is 0 Å². The quantitative estimate of drug-likeness (QED) is 0.291. The molecule has 3 fully saturated rings. The lowest BCUT2D eigenvalue weighted by Gasteiger charge is -2.42. The van der Waals surface area contributed by atoms with E-state index in [0.29, 0.717) is 31.2 Å². The number of anilines is 1. The lowest BCUT2D eigenvalue weighted by atomic mass is 9.97. The number of hydrogen-bond donors (Lipinski definition) is 0. The Labute approximate surface area is 246 Å². The average molecular weight is 570 g/mol. The van der Waals surface area contributed by atoms with Crippen molar-refractivity contribution in [1.82, 2.24) is 10.1 Å². The van der Waals surface area contributed by atoms with E-state index in [9.17, 15) is 9.59 Å². The van der Waals surface area contributed by atoms with E-state index in [1.807, 2.05) is 36.1 Å². The van der Waals surface area contributed by atoms with Gasteiger partial charge >= 0.3 is 12.0 Å². The molecule has 2 bridgehead atoms. The summed E-state index contributed by atoms with van der Waals surface area (Å²) in [6, 6.07) is 14.3. The van der Waals surface area contributed by atoms with Crippen molar-refractivity contribution in [2.24, 2.45) is 0 Å². The van der Waals surface area contributed by atoms with Crippen LogP contribution in [-0.4, -0.2) is 53.4 Å². The van der Waals surface area contributed by atoms with Gasteiger partial charge in [0.1, 0.15) is 11.5 Å². The minimum atomic E-state index is -0.314. The van der Waals surface area contributed by atoms with Gasteiger partial charge in [-0.15, -0.1) is 0 Å². The molecule has 0 radical (unpaired) electrons. The zero-order valence-corrected chi connectivity index (χ0v) is 24.5. The molecular formula is C34H39N3O5. The molecule has 7 rings (SSSR count). The number of carbonyl (C=O) groups excluding carboxylic acids is 2. The highest BCUT2D eigenvalue weighted by atomic mass is 16.5. The fraction of sp³-hybridized carbons (Fsp3) is 0.500. The van der Waals surface area contributed by atoms with E-state index in [0.717, 1.165) is 85.2 Å². The number of ether oxygens (including phenoxy) is 2. The Balaban J connectivity index is 1.05. The van der Waals surface area contributed by atoms with Crippen LogP contribution in [0.5, 0.6) is 0 Å². The van der Waals surface area contributed by atoms with Crippen LogP contribution >= 0.6 is 0 Å². The number of nitrogens with zero attached hydrogens (tertiary/aromatic N) is 3. The number of aromatic nitrogens is 1. The highest BCUT2D eigenvalue weighted by Crippen LogP contribution is 2.45. The standard InChI is InChI=1S/C34H39N3O5/c1-3-40-33(38)24-12-15-30-23(17-24)8-6-16-36(30)34(39)37-25-13-14-26(37)19-27(18-25)41-20-29-31(28-9-5-4-7-21(28)2)35-42-32(29)22-10-11-22/h4-5,7,9,12,15,17,22,25-27H,3,6,8,10-11,13-14,16,18-20H2,1-2H3. The molecule has 2 saturated heterocycles. The summed E-state index contributed by atoms with van der Waals surface area (Å²) >= 11 is 0. The summed E-state index contributed by atoms with van der Waals surface area (Å²) in [6.07, 6.45) is 7.81. The van der Waals surface area contributed by atoms with E-state index in [-0.39, 0.29) is 30.2 Å². The predicted octanol–water partition coefficient (Wildman–Crippen LogP) is 6.79. The smallest absolute Gasteiger partial charge is 0.338 e. The summed E-state index contributed by atoms with van der Waals surface area (Å²) < 4.78 is 17.7. The van der Waals surface area contributed by atoms with Gasteiger partial charge in [0.15, 0.2) is 0 Å². The molecule has 42 heavy (non-hydrogen) atoms. The molecule has 0 spiro atoms. The molecule has 2 amide bonds. The van der Waals surface area contributed by atoms with Crippen LogP contribution < -0.4 is 4.90 Å². The Morgan fingerprint density at radius 3 is 2.57 bits per heavy atom. The maximum atomic E-state index is 14.0. The fourth-order valence-corrected chi connectivity index (χ4v) is 7.23. The maximum Gasteiger partial charge on any atom is 0.338 e. The van der Waals surface area contributed by atoms with Crippen LogP contribution in [0.15, 0.2) is 47.0 Å². The third-order valence-electron chi connectivity index (χ3n) is 9.48. The molecule has 0 N–H and O–H groups in total. The van der Waals surface area contributed by atoms with Crippen LogP contribution in [0, 0.1) is 6.92 Å². The lowest BCUT2D eigenvalue weighted by Crippen LogP contribution is -2.54. The van der Waals surface area contributed by atoms with Gasteiger partial charge < -0.3 is 18.9 Å². The van der Waals surface area contributed by atoms with Crippen molar-refractivity contribution in [3.63, 3.8) is 0 Å². The number of urea groups is 1. The van der Waals surface area contributed by atoms with Gasteiger partial charge in [0.05, 0.1) is 24.9 Å². The number of carbonyl (C=O) groups is 2. The molecule has 2 unspecified atom stereocenters. The number of fused-ring (bicyclic) bond motifs is 3. The number of esters is 1. The van der Waals surface area contributed by atoms with Crippen LogP contribution in [0.4, 0.5) is 10.5 Å². The average Bonchev–Trinajstić information content (AvgIpc) is 3.71. The van der Waals surface area contributed by atoms with Crippen LogP contribution in [0.2, 0.25) is 0 Å². The van der Waals surface area contributed by atoms with Gasteiger partial charge in [-0.3, -0.25) is 4.90 Å². The number of piperidine rings is 1. The van der Waals surface area contributed by atoms with Gasteiger partial charge in [-0.2, -0.15) is 0 Å². The number of hydrogen-bond acceptors (Lipinski definition) is 6. The van der Waals surface area contributed by atoms with Crippen molar-refractivity contribution in [3.05, 3.63) is 70.5 Å². The molecule has 1 aliphatic carbocycles. The van der Waals surface area contributed by atoms with Gasteiger partial charge in [0.25, 0.3) is 0 Å². The van der Waals surface area contributed by atoms with Crippen molar-refractivity contribution in [3.8, 4) is 11.3 Å². The Morgan fingerprint density at radius 1 is 1.05 bits per heavy atom. The zero-order chi connectivity index (χ0) is 28.8. The third kappa shape index (κ3) is 5.00. The summed E-state index contributed by atoms with van der Waals surface area (Å²) in [5.41, 5.74) is 6.77. The first-order chi connectivity index (χ1) is 20.5. The van der Waals surface area contributed by atoms with Crippen LogP contribution in [0.25, 0.3) is 11.3 Å². The lowest BCUT2D eigenvalue weighted by molar-refractivity contribution is -0.0165. The van der Waals surface area contributed by atoms with Crippen molar-refractivity contribution in [2.75, 3.05) is 18.1 Å². The summed E-state index contributed by atoms with van der Waals surface area (Å²) in [5.74, 6) is 1.12. The number of rotatable bonds is 7. The Bertz CT molecular complexity index is 1480. The summed E-state index contributed by atoms with van der Waals surface area (Å²) in [7, 11) is 0. The summed E-state index contributed by atoms with van der Waals surface area (Å²) in [4.78, 5) is 30.3. The van der Waals surface area contributed by atoms with Crippen LogP contribution in [-0.2, 0) is 22.5 Å². The SMILES string of the molecule is CCOC(=O)c1ccc2c(c1)CCCN2C(=O)N1C2CCC1CC(OCc1c(-c3ccccc3C)noc1C1CC1)C2. The van der Waals surface area contributed by atoms with E-state index in [1.165, 1.54) is 5.56 Å². The Kier molecular flexibility index (Phi) is 7.26. The van der Waals surface area contributed by atoms with Crippen molar-refractivity contribution in [2.45, 2.75) is 95.9 Å². The Hall–Kier alpha value is -3.65. The zero-order valence-electron chi connectivity index (χ0n) is 24.5. The number of benzene rings is 2. The second-order valence-electron chi connectivity index (χ2n) is 12.3. The largest absolute Gasteiger partial charge is 0.462 e. The molecule has 1 saturated carbocycles. The number of amides is 2. The van der Waals surface area contributed by atoms with Gasteiger partial charge in [-0.25, -0.2) is 9.59 Å². The maximum absolute atomic E-state index is 14.0. The molecule has 3 aromatic rings. The predicted molar refractivity (Wildman–Crippen MR) is 159 cm³/mol. The summed E-state index contributed by atoms with van der Waals surface area (Å²) in [5, 5.41) is 4.51. The van der Waals surface area contributed by atoms with E-state index in [2.05, 4.69) is 29.1 Å². The van der Waals surface area contributed by atoms with Gasteiger partial charge in [-0.05, 0) is 94.5 Å². The first-order valence-corrected chi connectivity index (χ1v) is 15.6. The second kappa shape index (κ2) is 11.2. The monoisotopic (exact) mass is 569 g/mol. The van der Waals surface area contributed by atoms with Crippen molar-refractivity contribution in [1.29, 1.82) is 0 Å². The highest BCUT2D eigenvalue weighted by Gasteiger charge is 2.46. The molecule has 8 heteroatoms. The summed E-state index contributed by atoms with van der Waals surface area (Å²) in [6.45, 7) is 5.44. The molecule has 220 valence electrons. The molecule has 2 atom stereocenters. The molecule has 4 heterocycles. The first-order valence-electron chi connectivity index (χ1n) is 15.6. The molecule has 1 aromatic heterocycles. The van der Waals surface area contributed by atoms with E-state index in [4.69, 9.17) is 14.0 Å². The molecule has 8 nitrogen and oxygen atoms in total. The third-order valence-corrected chi connectivity index (χ3v) is 9.48. The van der Waals surface area contributed by atoms with E-state index >= 15 is 0 Å². The fourth-order valence-electron chi connectivity index (χ4n) is 7.23. The minimum absolute atomic E-state index is 0.0858. The molecule has 2 aromatic carbocycles. The van der Waals surface area contributed by atoms with E-state index in [1.54, 1.807) is 6.07 Å². The van der Waals surface area contributed by atoms with Gasteiger partial charge in [0.2, 0.25) is 0 Å². The van der Waals surface area contributed by atoms with Gasteiger partial charge in [0, 0.05) is 41.4 Å². The molecule has 3 aliphatic heterocycles. The minimum Gasteiger partial charge on any atom is -0.462 e. The van der Waals surface area contributed by atoms with Crippen molar-refractivity contribution < 1.29 is 23.6 Å². The Morgan fingerprint density at radius 2 is 1.83 bits per heavy atom. The van der Waals surface area contributed by atoms with Crippen LogP contribution in [0.1, 0.15) is 90.6 Å². The number of aryl methyl sites for hydroxylation is 2. The van der Waals surface area contributed by atoms with Gasteiger partial charge in [-0.1, -0.05) is 29.4 Å². The van der Waals surface area contributed by atoms with Crippen LogP contribution in [0.3, 0.4) is 0 Å². The second-order valence-corrected chi connectivity index (χ2v) is 12.3.